The maximum Gasteiger partial charge on any atom is 0.119 e. The average molecular weight is 234 g/mol. The van der Waals surface area contributed by atoms with Crippen LogP contribution in [0, 0.1) is 5.92 Å². The Balaban J connectivity index is 1.82. The molecule has 1 aliphatic carbocycles. The van der Waals surface area contributed by atoms with Crippen molar-refractivity contribution in [3.63, 3.8) is 0 Å². The highest BCUT2D eigenvalue weighted by Crippen LogP contribution is 2.25. The van der Waals surface area contributed by atoms with Crippen molar-refractivity contribution in [2.75, 3.05) is 6.61 Å². The molecule has 2 rings (SSSR count). The third-order valence-electron chi connectivity index (χ3n) is 3.57. The summed E-state index contributed by atoms with van der Waals surface area (Å²) in [6.45, 7) is 2.62. The van der Waals surface area contributed by atoms with Crippen molar-refractivity contribution in [1.29, 1.82) is 0 Å². The largest absolute Gasteiger partial charge is 0.493 e. The molecule has 94 valence electrons. The molecule has 1 aliphatic rings. The highest BCUT2D eigenvalue weighted by Gasteiger charge is 2.13. The van der Waals surface area contributed by atoms with Crippen LogP contribution in [0.5, 0.6) is 5.75 Å². The van der Waals surface area contributed by atoms with Crippen molar-refractivity contribution < 1.29 is 9.84 Å². The van der Waals surface area contributed by atoms with Crippen LogP contribution >= 0.6 is 0 Å². The van der Waals surface area contributed by atoms with Crippen molar-refractivity contribution in [1.82, 2.24) is 0 Å². The van der Waals surface area contributed by atoms with Gasteiger partial charge in [-0.15, -0.1) is 0 Å². The molecule has 0 unspecified atom stereocenters. The summed E-state index contributed by atoms with van der Waals surface area (Å²) in [5.41, 5.74) is 0.940. The number of hydrogen-bond donors (Lipinski definition) is 1. The van der Waals surface area contributed by atoms with Gasteiger partial charge < -0.3 is 9.84 Å². The maximum atomic E-state index is 9.41. The van der Waals surface area contributed by atoms with E-state index in [9.17, 15) is 5.11 Å². The van der Waals surface area contributed by atoms with Crippen LogP contribution in [0.15, 0.2) is 24.3 Å². The zero-order valence-corrected chi connectivity index (χ0v) is 10.6. The van der Waals surface area contributed by atoms with E-state index in [0.717, 1.165) is 23.8 Å². The highest BCUT2D eigenvalue weighted by atomic mass is 16.5. The number of aliphatic hydroxyl groups excluding tert-OH is 1. The lowest BCUT2D eigenvalue weighted by molar-refractivity contribution is 0.198. The van der Waals surface area contributed by atoms with Crippen LogP contribution in [0.3, 0.4) is 0 Å². The lowest BCUT2D eigenvalue weighted by Gasteiger charge is -2.21. The minimum atomic E-state index is -0.401. The van der Waals surface area contributed by atoms with Gasteiger partial charge in [-0.1, -0.05) is 31.4 Å². The summed E-state index contributed by atoms with van der Waals surface area (Å²) in [5, 5.41) is 9.41. The Bertz CT molecular complexity index is 323. The number of rotatable bonds is 4. The number of ether oxygens (including phenoxy) is 1. The predicted molar refractivity (Wildman–Crippen MR) is 69.1 cm³/mol. The Labute approximate surface area is 104 Å². The summed E-state index contributed by atoms with van der Waals surface area (Å²) in [4.78, 5) is 0. The summed E-state index contributed by atoms with van der Waals surface area (Å²) in [7, 11) is 0. The van der Waals surface area contributed by atoms with E-state index in [1.165, 1.54) is 32.1 Å². The van der Waals surface area contributed by atoms with Crippen LogP contribution in [0.2, 0.25) is 0 Å². The Kier molecular flexibility index (Phi) is 4.43. The second kappa shape index (κ2) is 6.06. The van der Waals surface area contributed by atoms with Gasteiger partial charge in [0.05, 0.1) is 12.7 Å². The van der Waals surface area contributed by atoms with Crippen LogP contribution in [0.1, 0.15) is 50.7 Å². The first-order valence-corrected chi connectivity index (χ1v) is 6.66. The minimum Gasteiger partial charge on any atom is -0.493 e. The van der Waals surface area contributed by atoms with E-state index in [2.05, 4.69) is 0 Å². The first-order valence-electron chi connectivity index (χ1n) is 6.66. The first-order chi connectivity index (χ1) is 8.25. The van der Waals surface area contributed by atoms with Gasteiger partial charge in [-0.3, -0.25) is 0 Å². The van der Waals surface area contributed by atoms with Crippen LogP contribution in [-0.2, 0) is 0 Å². The molecule has 1 N–H and O–H groups in total. The fourth-order valence-corrected chi connectivity index (χ4v) is 2.41. The predicted octanol–water partition coefficient (Wildman–Crippen LogP) is 3.70. The molecule has 0 bridgehead atoms. The molecule has 1 fully saturated rings. The fraction of sp³-hybridized carbons (Fsp3) is 0.600. The Morgan fingerprint density at radius 2 is 1.82 bits per heavy atom. The lowest BCUT2D eigenvalue weighted by Crippen LogP contribution is -2.15. The third kappa shape index (κ3) is 3.74. The van der Waals surface area contributed by atoms with Crippen LogP contribution in [0.4, 0.5) is 0 Å². The Hall–Kier alpha value is -1.02. The standard InChI is InChI=1S/C15H22O2/c1-12(16)14-7-9-15(10-8-14)17-11-13-5-3-2-4-6-13/h7-10,12-13,16H,2-6,11H2,1H3/t12-/m0/s1. The summed E-state index contributed by atoms with van der Waals surface area (Å²) in [6.07, 6.45) is 6.32. The zero-order chi connectivity index (χ0) is 12.1. The molecule has 0 aliphatic heterocycles. The summed E-state index contributed by atoms with van der Waals surface area (Å²) < 4.78 is 5.80. The van der Waals surface area contributed by atoms with Crippen molar-refractivity contribution in [2.45, 2.75) is 45.1 Å². The first kappa shape index (κ1) is 12.4. The van der Waals surface area contributed by atoms with Gasteiger partial charge in [0.2, 0.25) is 0 Å². The molecule has 0 saturated heterocycles. The molecule has 0 aromatic heterocycles. The van der Waals surface area contributed by atoms with E-state index >= 15 is 0 Å². The van der Waals surface area contributed by atoms with Gasteiger partial charge in [-0.05, 0) is 43.4 Å². The van der Waals surface area contributed by atoms with Gasteiger partial charge in [-0.2, -0.15) is 0 Å². The van der Waals surface area contributed by atoms with Crippen molar-refractivity contribution in [2.24, 2.45) is 5.92 Å². The van der Waals surface area contributed by atoms with E-state index in [0.29, 0.717) is 0 Å². The van der Waals surface area contributed by atoms with E-state index in [4.69, 9.17) is 4.74 Å². The van der Waals surface area contributed by atoms with Crippen LogP contribution < -0.4 is 4.74 Å². The monoisotopic (exact) mass is 234 g/mol. The summed E-state index contributed by atoms with van der Waals surface area (Å²) in [6, 6.07) is 7.76. The molecule has 0 amide bonds. The highest BCUT2D eigenvalue weighted by molar-refractivity contribution is 5.28. The molecular formula is C15H22O2. The third-order valence-corrected chi connectivity index (χ3v) is 3.57. The minimum absolute atomic E-state index is 0.401. The lowest BCUT2D eigenvalue weighted by atomic mass is 9.90. The van der Waals surface area contributed by atoms with Crippen LogP contribution in [0.25, 0.3) is 0 Å². The fourth-order valence-electron chi connectivity index (χ4n) is 2.41. The number of aliphatic hydroxyl groups is 1. The van der Waals surface area contributed by atoms with Gasteiger partial charge in [0.25, 0.3) is 0 Å². The van der Waals surface area contributed by atoms with Gasteiger partial charge in [0.15, 0.2) is 0 Å². The molecular weight excluding hydrogens is 212 g/mol. The van der Waals surface area contributed by atoms with Gasteiger partial charge in [-0.25, -0.2) is 0 Å². The van der Waals surface area contributed by atoms with Crippen molar-refractivity contribution in [3.05, 3.63) is 29.8 Å². The Morgan fingerprint density at radius 3 is 2.41 bits per heavy atom. The second-order valence-electron chi connectivity index (χ2n) is 5.06. The van der Waals surface area contributed by atoms with Crippen molar-refractivity contribution >= 4 is 0 Å². The molecule has 1 saturated carbocycles. The molecule has 0 spiro atoms. The quantitative estimate of drug-likeness (QED) is 0.860. The SMILES string of the molecule is C[C@H](O)c1ccc(OCC2CCCCC2)cc1. The van der Waals surface area contributed by atoms with E-state index in [1.54, 1.807) is 6.92 Å². The molecule has 0 radical (unpaired) electrons. The summed E-state index contributed by atoms with van der Waals surface area (Å²) in [5.74, 6) is 1.65. The smallest absolute Gasteiger partial charge is 0.119 e. The molecule has 2 nitrogen and oxygen atoms in total. The Morgan fingerprint density at radius 1 is 1.18 bits per heavy atom. The topological polar surface area (TPSA) is 29.5 Å². The average Bonchev–Trinajstić information content (AvgIpc) is 2.38. The van der Waals surface area contributed by atoms with E-state index < -0.39 is 6.10 Å². The number of hydrogen-bond acceptors (Lipinski definition) is 2. The normalized spacial score (nSPS) is 18.9. The molecule has 1 atom stereocenters. The molecule has 1 aromatic rings. The number of benzene rings is 1. The molecule has 17 heavy (non-hydrogen) atoms. The van der Waals surface area contributed by atoms with Gasteiger partial charge in [0.1, 0.15) is 5.75 Å². The van der Waals surface area contributed by atoms with Crippen LogP contribution in [-0.4, -0.2) is 11.7 Å². The maximum absolute atomic E-state index is 9.41. The zero-order valence-electron chi connectivity index (χ0n) is 10.6. The second-order valence-corrected chi connectivity index (χ2v) is 5.06. The molecule has 1 aromatic carbocycles. The van der Waals surface area contributed by atoms with Crippen molar-refractivity contribution in [3.8, 4) is 5.75 Å². The van der Waals surface area contributed by atoms with E-state index in [-0.39, 0.29) is 0 Å². The molecule has 2 heteroatoms. The molecule has 0 heterocycles. The van der Waals surface area contributed by atoms with E-state index in [1.807, 2.05) is 24.3 Å². The van der Waals surface area contributed by atoms with Gasteiger partial charge >= 0.3 is 0 Å². The van der Waals surface area contributed by atoms with Gasteiger partial charge in [0, 0.05) is 0 Å². The summed E-state index contributed by atoms with van der Waals surface area (Å²) >= 11 is 0.